The first-order chi connectivity index (χ1) is 14.6. The first kappa shape index (κ1) is 18.3. The zero-order chi connectivity index (χ0) is 20.7. The van der Waals surface area contributed by atoms with Gasteiger partial charge in [-0.3, -0.25) is 4.79 Å². The number of fused-ring (bicyclic) bond motifs is 1. The van der Waals surface area contributed by atoms with Crippen molar-refractivity contribution in [1.82, 2.24) is 14.8 Å². The number of rotatable bonds is 4. The Morgan fingerprint density at radius 1 is 1.13 bits per heavy atom. The Morgan fingerprint density at radius 3 is 2.77 bits per heavy atom. The van der Waals surface area contributed by atoms with Gasteiger partial charge in [-0.2, -0.15) is 9.78 Å². The fourth-order valence-electron chi connectivity index (χ4n) is 3.08. The molecule has 0 saturated heterocycles. The molecule has 1 aliphatic heterocycles. The maximum atomic E-state index is 13.2. The standard InChI is InChI=1S/C21H15FN4O3S/c1-12-8-19(24-20(27)14-4-7-17-18(9-14)29-11-28-17)26(25-12)21-23-16(10-30-21)13-2-5-15(22)6-3-13/h2-10H,11H2,1H3,(H,24,27). The summed E-state index contributed by atoms with van der Waals surface area (Å²) in [5, 5.41) is 9.78. The Morgan fingerprint density at radius 2 is 1.93 bits per heavy atom. The molecule has 7 nitrogen and oxygen atoms in total. The molecule has 0 unspecified atom stereocenters. The number of halogens is 1. The molecule has 0 saturated carbocycles. The molecule has 1 N–H and O–H groups in total. The number of nitrogens with one attached hydrogen (secondary N) is 1. The van der Waals surface area contributed by atoms with Gasteiger partial charge in [0.05, 0.1) is 11.4 Å². The van der Waals surface area contributed by atoms with Gasteiger partial charge in [-0.1, -0.05) is 0 Å². The summed E-state index contributed by atoms with van der Waals surface area (Å²) in [6.07, 6.45) is 0. The van der Waals surface area contributed by atoms with Crippen molar-refractivity contribution in [2.24, 2.45) is 0 Å². The highest BCUT2D eigenvalue weighted by Gasteiger charge is 2.19. The third-order valence-electron chi connectivity index (χ3n) is 4.52. The Labute approximate surface area is 174 Å². The lowest BCUT2D eigenvalue weighted by Gasteiger charge is -2.07. The lowest BCUT2D eigenvalue weighted by Crippen LogP contribution is -2.15. The van der Waals surface area contributed by atoms with E-state index < -0.39 is 0 Å². The Hall–Kier alpha value is -3.72. The van der Waals surface area contributed by atoms with Crippen LogP contribution < -0.4 is 14.8 Å². The number of hydrogen-bond acceptors (Lipinski definition) is 6. The van der Waals surface area contributed by atoms with E-state index in [1.165, 1.54) is 23.5 Å². The van der Waals surface area contributed by atoms with Crippen molar-refractivity contribution in [3.05, 3.63) is 71.0 Å². The van der Waals surface area contributed by atoms with Crippen LogP contribution in [0.5, 0.6) is 11.5 Å². The zero-order valence-corrected chi connectivity index (χ0v) is 16.6. The highest BCUT2D eigenvalue weighted by molar-refractivity contribution is 7.12. The summed E-state index contributed by atoms with van der Waals surface area (Å²) >= 11 is 1.38. The van der Waals surface area contributed by atoms with Gasteiger partial charge in [-0.05, 0) is 49.4 Å². The zero-order valence-electron chi connectivity index (χ0n) is 15.8. The second kappa shape index (κ2) is 7.27. The molecule has 0 atom stereocenters. The molecule has 9 heteroatoms. The van der Waals surface area contributed by atoms with Crippen LogP contribution in [-0.2, 0) is 0 Å². The van der Waals surface area contributed by atoms with Crippen LogP contribution in [0.25, 0.3) is 16.4 Å². The second-order valence-corrected chi connectivity index (χ2v) is 7.46. The molecule has 0 spiro atoms. The van der Waals surface area contributed by atoms with Gasteiger partial charge in [0.25, 0.3) is 5.91 Å². The number of carbonyl (C=O) groups is 1. The summed E-state index contributed by atoms with van der Waals surface area (Å²) in [5.41, 5.74) is 2.68. The lowest BCUT2D eigenvalue weighted by atomic mass is 10.2. The van der Waals surface area contributed by atoms with E-state index in [-0.39, 0.29) is 18.5 Å². The van der Waals surface area contributed by atoms with Gasteiger partial charge < -0.3 is 14.8 Å². The summed E-state index contributed by atoms with van der Waals surface area (Å²) < 4.78 is 25.4. The molecule has 4 aromatic rings. The van der Waals surface area contributed by atoms with Crippen LogP contribution in [0.3, 0.4) is 0 Å². The number of ether oxygens (including phenoxy) is 2. The van der Waals surface area contributed by atoms with Gasteiger partial charge in [-0.15, -0.1) is 11.3 Å². The molecule has 1 aliphatic rings. The fraction of sp³-hybridized carbons (Fsp3) is 0.0952. The van der Waals surface area contributed by atoms with Gasteiger partial charge in [-0.25, -0.2) is 9.37 Å². The summed E-state index contributed by atoms with van der Waals surface area (Å²) in [7, 11) is 0. The van der Waals surface area contributed by atoms with E-state index >= 15 is 0 Å². The summed E-state index contributed by atoms with van der Waals surface area (Å²) in [6, 6.07) is 12.9. The third kappa shape index (κ3) is 3.39. The molecule has 0 fully saturated rings. The van der Waals surface area contributed by atoms with Gasteiger partial charge in [0.15, 0.2) is 11.5 Å². The molecule has 3 heterocycles. The van der Waals surface area contributed by atoms with Crippen LogP contribution in [-0.4, -0.2) is 27.5 Å². The van der Waals surface area contributed by atoms with Crippen molar-refractivity contribution in [3.63, 3.8) is 0 Å². The smallest absolute Gasteiger partial charge is 0.256 e. The quantitative estimate of drug-likeness (QED) is 0.527. The number of aryl methyl sites for hydroxylation is 1. The van der Waals surface area contributed by atoms with Crippen LogP contribution in [0.1, 0.15) is 16.1 Å². The summed E-state index contributed by atoms with van der Waals surface area (Å²) in [6.45, 7) is 1.98. The van der Waals surface area contributed by atoms with Crippen LogP contribution in [0.2, 0.25) is 0 Å². The minimum Gasteiger partial charge on any atom is -0.454 e. The van der Waals surface area contributed by atoms with Crippen molar-refractivity contribution in [3.8, 4) is 27.9 Å². The van der Waals surface area contributed by atoms with Crippen LogP contribution in [0.4, 0.5) is 10.2 Å². The minimum absolute atomic E-state index is 0.146. The maximum absolute atomic E-state index is 13.2. The highest BCUT2D eigenvalue weighted by atomic mass is 32.1. The normalized spacial score (nSPS) is 12.2. The molecule has 2 aromatic carbocycles. The lowest BCUT2D eigenvalue weighted by molar-refractivity contribution is 0.102. The monoisotopic (exact) mass is 422 g/mol. The third-order valence-corrected chi connectivity index (χ3v) is 5.34. The number of thiazole rings is 1. The van der Waals surface area contributed by atoms with E-state index in [4.69, 9.17) is 9.47 Å². The van der Waals surface area contributed by atoms with E-state index in [0.717, 1.165) is 11.3 Å². The van der Waals surface area contributed by atoms with Crippen molar-refractivity contribution >= 4 is 23.1 Å². The molecule has 0 aliphatic carbocycles. The molecule has 5 rings (SSSR count). The first-order valence-corrected chi connectivity index (χ1v) is 9.94. The second-order valence-electron chi connectivity index (χ2n) is 6.63. The molecule has 150 valence electrons. The maximum Gasteiger partial charge on any atom is 0.256 e. The van der Waals surface area contributed by atoms with E-state index in [1.54, 1.807) is 41.1 Å². The number of aromatic nitrogens is 3. The predicted molar refractivity (Wildman–Crippen MR) is 110 cm³/mol. The topological polar surface area (TPSA) is 78.3 Å². The van der Waals surface area contributed by atoms with Crippen molar-refractivity contribution < 1.29 is 18.7 Å². The number of amides is 1. The van der Waals surface area contributed by atoms with Gasteiger partial charge in [0, 0.05) is 22.6 Å². The van der Waals surface area contributed by atoms with Crippen molar-refractivity contribution in [2.45, 2.75) is 6.92 Å². The predicted octanol–water partition coefficient (Wildman–Crippen LogP) is 4.42. The van der Waals surface area contributed by atoms with E-state index in [0.29, 0.717) is 33.7 Å². The number of hydrogen-bond donors (Lipinski definition) is 1. The van der Waals surface area contributed by atoms with Gasteiger partial charge in [0.1, 0.15) is 11.6 Å². The number of anilines is 1. The highest BCUT2D eigenvalue weighted by Crippen LogP contribution is 2.33. The van der Waals surface area contributed by atoms with Crippen LogP contribution in [0, 0.1) is 12.7 Å². The van der Waals surface area contributed by atoms with E-state index in [1.807, 2.05) is 12.3 Å². The summed E-state index contributed by atoms with van der Waals surface area (Å²) in [5.74, 6) is 1.05. The molecule has 1 amide bonds. The number of benzene rings is 2. The van der Waals surface area contributed by atoms with Crippen molar-refractivity contribution in [1.29, 1.82) is 0 Å². The molecular weight excluding hydrogens is 407 g/mol. The summed E-state index contributed by atoms with van der Waals surface area (Å²) in [4.78, 5) is 17.4. The average Bonchev–Trinajstić information content (AvgIpc) is 3.47. The molecule has 0 radical (unpaired) electrons. The average molecular weight is 422 g/mol. The van der Waals surface area contributed by atoms with E-state index in [2.05, 4.69) is 15.4 Å². The number of carbonyl (C=O) groups excluding carboxylic acids is 1. The molecule has 2 aromatic heterocycles. The minimum atomic E-state index is -0.301. The SMILES string of the molecule is Cc1cc(NC(=O)c2ccc3c(c2)OCO3)n(-c2nc(-c3ccc(F)cc3)cs2)n1. The Bertz CT molecular complexity index is 1250. The molecule has 0 bridgehead atoms. The van der Waals surface area contributed by atoms with Crippen LogP contribution in [0.15, 0.2) is 53.9 Å². The number of nitrogens with zero attached hydrogens (tertiary/aromatic N) is 3. The Balaban J connectivity index is 1.42. The Kier molecular flexibility index (Phi) is 4.44. The van der Waals surface area contributed by atoms with Crippen molar-refractivity contribution in [2.75, 3.05) is 12.1 Å². The van der Waals surface area contributed by atoms with Gasteiger partial charge >= 0.3 is 0 Å². The van der Waals surface area contributed by atoms with E-state index in [9.17, 15) is 9.18 Å². The van der Waals surface area contributed by atoms with Crippen LogP contribution >= 0.6 is 11.3 Å². The fourth-order valence-corrected chi connectivity index (χ4v) is 3.87. The molecular formula is C21H15FN4O3S. The molecule has 30 heavy (non-hydrogen) atoms. The van der Waals surface area contributed by atoms with Gasteiger partial charge in [0.2, 0.25) is 11.9 Å². The first-order valence-electron chi connectivity index (χ1n) is 9.06. The largest absolute Gasteiger partial charge is 0.454 e.